The smallest absolute Gasteiger partial charge is 0.344 e. The maximum atomic E-state index is 11.2. The Morgan fingerprint density at radius 1 is 0.643 bits per heavy atom. The number of aliphatic carboxylic acids is 1. The van der Waals surface area contributed by atoms with Crippen LogP contribution in [0.2, 0.25) is 0 Å². The van der Waals surface area contributed by atoms with Crippen molar-refractivity contribution in [2.75, 3.05) is 19.8 Å². The molecule has 0 saturated carbocycles. The van der Waals surface area contributed by atoms with Gasteiger partial charge >= 0.3 is 11.9 Å². The van der Waals surface area contributed by atoms with E-state index in [-0.39, 0.29) is 19.2 Å². The second kappa shape index (κ2) is 16.0. The van der Waals surface area contributed by atoms with Crippen LogP contribution in [0.25, 0.3) is 22.3 Å². The number of ether oxygens (including phenoxy) is 3. The fourth-order valence-corrected chi connectivity index (χ4v) is 3.93. The number of aliphatic hydroxyl groups is 2. The molecule has 0 bridgehead atoms. The number of benzene rings is 4. The van der Waals surface area contributed by atoms with E-state index in [1.807, 2.05) is 84.9 Å². The second-order valence-corrected chi connectivity index (χ2v) is 9.43. The van der Waals surface area contributed by atoms with Crippen molar-refractivity contribution in [3.8, 4) is 33.8 Å². The Bertz CT molecular complexity index is 1430. The molecule has 4 aromatic rings. The summed E-state index contributed by atoms with van der Waals surface area (Å²) < 4.78 is 15.2. The number of carboxylic acid groups (broad SMARTS) is 1. The van der Waals surface area contributed by atoms with Gasteiger partial charge in [-0.3, -0.25) is 0 Å². The summed E-state index contributed by atoms with van der Waals surface area (Å²) in [5.41, 5.74) is 5.75. The van der Waals surface area contributed by atoms with Gasteiger partial charge in [0.25, 0.3) is 0 Å². The third kappa shape index (κ3) is 10.1. The molecule has 0 aliphatic rings. The van der Waals surface area contributed by atoms with Crippen molar-refractivity contribution < 1.29 is 39.1 Å². The zero-order valence-corrected chi connectivity index (χ0v) is 23.9. The minimum absolute atomic E-state index is 0.0926. The highest BCUT2D eigenvalue weighted by molar-refractivity contribution is 5.71. The van der Waals surface area contributed by atoms with Gasteiger partial charge in [-0.1, -0.05) is 60.7 Å². The molecule has 0 aromatic heterocycles. The van der Waals surface area contributed by atoms with Crippen LogP contribution in [0.15, 0.2) is 97.1 Å². The van der Waals surface area contributed by atoms with Crippen LogP contribution in [0, 0.1) is 0 Å². The highest BCUT2D eigenvalue weighted by atomic mass is 16.6. The minimum Gasteiger partial charge on any atom is -0.482 e. The number of aliphatic hydroxyl groups excluding tert-OH is 2. The first kappa shape index (κ1) is 31.9. The molecule has 3 N–H and O–H groups in total. The van der Waals surface area contributed by atoms with Gasteiger partial charge in [0.1, 0.15) is 11.5 Å². The molecule has 0 radical (unpaired) electrons. The van der Waals surface area contributed by atoms with Crippen LogP contribution in [0.4, 0.5) is 0 Å². The molecule has 0 heterocycles. The molecule has 0 amide bonds. The van der Waals surface area contributed by atoms with Gasteiger partial charge in [0.2, 0.25) is 0 Å². The van der Waals surface area contributed by atoms with Crippen molar-refractivity contribution in [1.82, 2.24) is 0 Å². The molecule has 0 unspecified atom stereocenters. The molecule has 0 saturated heterocycles. The summed E-state index contributed by atoms with van der Waals surface area (Å²) in [4.78, 5) is 21.6. The van der Waals surface area contributed by atoms with E-state index in [1.54, 1.807) is 32.9 Å². The Morgan fingerprint density at radius 2 is 1.07 bits per heavy atom. The Labute approximate surface area is 245 Å². The molecule has 2 atom stereocenters. The fourth-order valence-electron chi connectivity index (χ4n) is 3.93. The summed E-state index contributed by atoms with van der Waals surface area (Å²) >= 11 is 0. The maximum Gasteiger partial charge on any atom is 0.344 e. The van der Waals surface area contributed by atoms with Crippen molar-refractivity contribution in [2.45, 2.75) is 33.0 Å². The van der Waals surface area contributed by atoms with Crippen LogP contribution in [-0.2, 0) is 14.3 Å². The molecule has 8 heteroatoms. The average molecular weight is 573 g/mol. The van der Waals surface area contributed by atoms with Crippen molar-refractivity contribution in [2.24, 2.45) is 0 Å². The summed E-state index contributed by atoms with van der Waals surface area (Å²) in [7, 11) is 0. The van der Waals surface area contributed by atoms with E-state index in [0.717, 1.165) is 33.4 Å². The second-order valence-electron chi connectivity index (χ2n) is 9.43. The molecule has 0 fully saturated rings. The number of hydrogen-bond donors (Lipinski definition) is 3. The van der Waals surface area contributed by atoms with E-state index < -0.39 is 18.2 Å². The molecule has 0 aliphatic heterocycles. The van der Waals surface area contributed by atoms with Crippen molar-refractivity contribution in [1.29, 1.82) is 0 Å². The van der Waals surface area contributed by atoms with Gasteiger partial charge in [-0.2, -0.15) is 0 Å². The number of carboxylic acids is 1. The van der Waals surface area contributed by atoms with Gasteiger partial charge in [-0.15, -0.1) is 0 Å². The van der Waals surface area contributed by atoms with Gasteiger partial charge in [-0.05, 0) is 90.6 Å². The summed E-state index contributed by atoms with van der Waals surface area (Å²) in [6, 6.07) is 30.0. The Morgan fingerprint density at radius 3 is 1.45 bits per heavy atom. The molecular weight excluding hydrogens is 536 g/mol. The van der Waals surface area contributed by atoms with E-state index in [0.29, 0.717) is 18.1 Å². The number of esters is 1. The van der Waals surface area contributed by atoms with Crippen LogP contribution in [0.1, 0.15) is 44.1 Å². The molecule has 0 aliphatic carbocycles. The fraction of sp³-hybridized carbons (Fsp3) is 0.235. The maximum absolute atomic E-state index is 11.2. The number of carbonyl (C=O) groups is 2. The Hall–Kier alpha value is -4.66. The van der Waals surface area contributed by atoms with E-state index >= 15 is 0 Å². The summed E-state index contributed by atoms with van der Waals surface area (Å²) in [5, 5.41) is 27.8. The number of rotatable bonds is 11. The summed E-state index contributed by atoms with van der Waals surface area (Å²) in [6.07, 6.45) is -1.000. The molecule has 4 aromatic carbocycles. The zero-order valence-electron chi connectivity index (χ0n) is 23.9. The van der Waals surface area contributed by atoms with Gasteiger partial charge in [-0.25, -0.2) is 9.59 Å². The zero-order chi connectivity index (χ0) is 30.5. The van der Waals surface area contributed by atoms with Gasteiger partial charge in [0.15, 0.2) is 13.2 Å². The van der Waals surface area contributed by atoms with E-state index in [2.05, 4.69) is 0 Å². The highest BCUT2D eigenvalue weighted by Crippen LogP contribution is 2.26. The number of hydrogen-bond acceptors (Lipinski definition) is 7. The molecule has 220 valence electrons. The lowest BCUT2D eigenvalue weighted by Crippen LogP contribution is -2.14. The summed E-state index contributed by atoms with van der Waals surface area (Å²) in [5.74, 6) is -0.249. The van der Waals surface area contributed by atoms with Gasteiger partial charge < -0.3 is 29.5 Å². The van der Waals surface area contributed by atoms with E-state index in [1.165, 1.54) is 0 Å². The lowest BCUT2D eigenvalue weighted by Gasteiger charge is -2.09. The van der Waals surface area contributed by atoms with Gasteiger partial charge in [0, 0.05) is 0 Å². The van der Waals surface area contributed by atoms with Crippen LogP contribution < -0.4 is 9.47 Å². The van der Waals surface area contributed by atoms with Crippen molar-refractivity contribution in [3.63, 3.8) is 0 Å². The lowest BCUT2D eigenvalue weighted by molar-refractivity contribution is -0.145. The molecular formula is C34H36O8. The Kier molecular flexibility index (Phi) is 12.1. The lowest BCUT2D eigenvalue weighted by atomic mass is 10.0. The third-order valence-corrected chi connectivity index (χ3v) is 6.14. The largest absolute Gasteiger partial charge is 0.482 e. The SMILES string of the molecule is CCOC(=O)COc1ccc(-c2cccc([C@@H](C)O)c2)cc1.C[C@@H](O)c1cccc(-c2ccc(OCC(=O)O)cc2)c1. The quantitative estimate of drug-likeness (QED) is 0.181. The molecule has 4 rings (SSSR count). The average Bonchev–Trinajstić information content (AvgIpc) is 3.00. The number of carbonyl (C=O) groups excluding carboxylic acids is 1. The predicted molar refractivity (Wildman–Crippen MR) is 160 cm³/mol. The predicted octanol–water partition coefficient (Wildman–Crippen LogP) is 6.22. The standard InChI is InChI=1S/C18H20O4.C16H16O4/c1-3-21-18(20)12-22-17-9-7-14(8-10-17)16-6-4-5-15(11-16)13(2)19;1-11(17)13-3-2-4-14(9-13)12-5-7-15(8-6-12)20-10-16(18)19/h4-11,13,19H,3,12H2,1-2H3;2-9,11,17H,10H2,1H3,(H,18,19)/t13-;11-/m11/s1. The van der Waals surface area contributed by atoms with Crippen LogP contribution >= 0.6 is 0 Å². The minimum atomic E-state index is -1.00. The van der Waals surface area contributed by atoms with E-state index in [4.69, 9.17) is 19.3 Å². The first-order valence-corrected chi connectivity index (χ1v) is 13.6. The summed E-state index contributed by atoms with van der Waals surface area (Å²) in [6.45, 7) is 5.13. The van der Waals surface area contributed by atoms with Crippen LogP contribution in [0.5, 0.6) is 11.5 Å². The monoisotopic (exact) mass is 572 g/mol. The van der Waals surface area contributed by atoms with Crippen molar-refractivity contribution in [3.05, 3.63) is 108 Å². The van der Waals surface area contributed by atoms with Crippen LogP contribution in [0.3, 0.4) is 0 Å². The van der Waals surface area contributed by atoms with Gasteiger partial charge in [0.05, 0.1) is 18.8 Å². The third-order valence-electron chi connectivity index (χ3n) is 6.14. The first-order chi connectivity index (χ1) is 20.2. The molecule has 8 nitrogen and oxygen atoms in total. The molecule has 42 heavy (non-hydrogen) atoms. The first-order valence-electron chi connectivity index (χ1n) is 13.6. The van der Waals surface area contributed by atoms with E-state index in [9.17, 15) is 19.8 Å². The van der Waals surface area contributed by atoms with Crippen LogP contribution in [-0.4, -0.2) is 47.1 Å². The van der Waals surface area contributed by atoms with Crippen molar-refractivity contribution >= 4 is 11.9 Å². The molecule has 0 spiro atoms. The normalized spacial score (nSPS) is 11.8. The topological polar surface area (TPSA) is 123 Å². The highest BCUT2D eigenvalue weighted by Gasteiger charge is 2.07. The Balaban J connectivity index is 0.000000231.